The lowest BCUT2D eigenvalue weighted by molar-refractivity contribution is -0.126. The molecule has 1 aromatic carbocycles. The Kier molecular flexibility index (Phi) is 4.31. The zero-order valence-electron chi connectivity index (χ0n) is 10.1. The molecule has 1 aromatic rings. The Balaban J connectivity index is 2.18. The summed E-state index contributed by atoms with van der Waals surface area (Å²) in [5, 5.41) is 12.8. The summed E-state index contributed by atoms with van der Waals surface area (Å²) in [5.41, 5.74) is -0.545. The summed E-state index contributed by atoms with van der Waals surface area (Å²) >= 11 is 11.7. The van der Waals surface area contributed by atoms with Crippen molar-refractivity contribution in [1.29, 1.82) is 5.26 Å². The van der Waals surface area contributed by atoms with Gasteiger partial charge in [0.1, 0.15) is 5.41 Å². The van der Waals surface area contributed by atoms with Gasteiger partial charge in [0.15, 0.2) is 0 Å². The van der Waals surface area contributed by atoms with Crippen LogP contribution in [0.1, 0.15) is 12.8 Å². The second-order valence-electron chi connectivity index (χ2n) is 4.42. The molecule has 4 nitrogen and oxygen atoms in total. The molecular weight excluding hydrogens is 287 g/mol. The van der Waals surface area contributed by atoms with Gasteiger partial charge < -0.3 is 10.1 Å². The van der Waals surface area contributed by atoms with Crippen molar-refractivity contribution in [3.63, 3.8) is 0 Å². The number of anilines is 1. The van der Waals surface area contributed by atoms with Gasteiger partial charge in [-0.1, -0.05) is 23.2 Å². The topological polar surface area (TPSA) is 62.1 Å². The van der Waals surface area contributed by atoms with E-state index in [0.717, 1.165) is 0 Å². The van der Waals surface area contributed by atoms with Crippen LogP contribution in [0.25, 0.3) is 0 Å². The molecule has 1 N–H and O–H groups in total. The Morgan fingerprint density at radius 3 is 2.37 bits per heavy atom. The maximum Gasteiger partial charge on any atom is 0.245 e. The molecule has 0 unspecified atom stereocenters. The Morgan fingerprint density at radius 1 is 1.26 bits per heavy atom. The number of hydrogen-bond donors (Lipinski definition) is 1. The van der Waals surface area contributed by atoms with E-state index < -0.39 is 5.41 Å². The fraction of sp³-hybridized carbons (Fsp3) is 0.385. The molecule has 100 valence electrons. The van der Waals surface area contributed by atoms with E-state index in [9.17, 15) is 10.1 Å². The van der Waals surface area contributed by atoms with Crippen LogP contribution >= 0.6 is 23.2 Å². The molecule has 1 fully saturated rings. The van der Waals surface area contributed by atoms with E-state index in [4.69, 9.17) is 27.9 Å². The van der Waals surface area contributed by atoms with Gasteiger partial charge in [-0.25, -0.2) is 0 Å². The second kappa shape index (κ2) is 5.79. The molecule has 1 heterocycles. The lowest BCUT2D eigenvalue weighted by atomic mass is 9.81. The van der Waals surface area contributed by atoms with Crippen LogP contribution in [0.5, 0.6) is 0 Å². The number of carbonyl (C=O) groups excluding carboxylic acids is 1. The minimum atomic E-state index is -1.03. The molecule has 1 saturated heterocycles. The molecular formula is C13H12Cl2N2O2. The van der Waals surface area contributed by atoms with Gasteiger partial charge in [-0.15, -0.1) is 0 Å². The van der Waals surface area contributed by atoms with Crippen LogP contribution in [0.15, 0.2) is 18.2 Å². The average Bonchev–Trinajstić information content (AvgIpc) is 2.38. The zero-order valence-corrected chi connectivity index (χ0v) is 11.6. The summed E-state index contributed by atoms with van der Waals surface area (Å²) in [6, 6.07) is 6.87. The van der Waals surface area contributed by atoms with Crippen molar-refractivity contribution in [2.24, 2.45) is 5.41 Å². The predicted molar refractivity (Wildman–Crippen MR) is 73.2 cm³/mol. The van der Waals surface area contributed by atoms with E-state index in [2.05, 4.69) is 11.4 Å². The van der Waals surface area contributed by atoms with Gasteiger partial charge in [0.2, 0.25) is 5.91 Å². The minimum Gasteiger partial charge on any atom is -0.381 e. The van der Waals surface area contributed by atoms with Crippen molar-refractivity contribution >= 4 is 34.8 Å². The normalized spacial score (nSPS) is 17.5. The first kappa shape index (κ1) is 14.1. The number of ether oxygens (including phenoxy) is 1. The Labute approximate surface area is 121 Å². The molecule has 0 atom stereocenters. The first-order chi connectivity index (χ1) is 9.05. The van der Waals surface area contributed by atoms with Gasteiger partial charge in [-0.05, 0) is 31.0 Å². The molecule has 1 aliphatic rings. The van der Waals surface area contributed by atoms with Gasteiger partial charge in [0.05, 0.1) is 6.07 Å². The number of benzene rings is 1. The number of nitrogens with one attached hydrogen (secondary N) is 1. The van der Waals surface area contributed by atoms with Gasteiger partial charge in [-0.3, -0.25) is 4.79 Å². The Hall–Kier alpha value is -1.28. The summed E-state index contributed by atoms with van der Waals surface area (Å²) in [6.45, 7) is 0.828. The summed E-state index contributed by atoms with van der Waals surface area (Å²) in [5.74, 6) is -0.336. The van der Waals surface area contributed by atoms with E-state index in [1.807, 2.05) is 0 Å². The highest BCUT2D eigenvalue weighted by molar-refractivity contribution is 6.35. The SMILES string of the molecule is N#CC1(C(=O)Nc2cc(Cl)cc(Cl)c2)CCOCC1. The summed E-state index contributed by atoms with van der Waals surface area (Å²) in [7, 11) is 0. The monoisotopic (exact) mass is 298 g/mol. The van der Waals surface area contributed by atoms with Crippen molar-refractivity contribution < 1.29 is 9.53 Å². The standard InChI is InChI=1S/C13H12Cl2N2O2/c14-9-5-10(15)7-11(6-9)17-12(18)13(8-16)1-3-19-4-2-13/h5-7H,1-4H2,(H,17,18). The maximum absolute atomic E-state index is 12.3. The highest BCUT2D eigenvalue weighted by Gasteiger charge is 2.40. The fourth-order valence-electron chi connectivity index (χ4n) is 1.99. The van der Waals surface area contributed by atoms with E-state index in [0.29, 0.717) is 41.8 Å². The maximum atomic E-state index is 12.3. The van der Waals surface area contributed by atoms with Gasteiger partial charge >= 0.3 is 0 Å². The zero-order chi connectivity index (χ0) is 13.9. The Morgan fingerprint density at radius 2 is 1.84 bits per heavy atom. The highest BCUT2D eigenvalue weighted by Crippen LogP contribution is 2.32. The number of nitrogens with zero attached hydrogens (tertiary/aromatic N) is 1. The third kappa shape index (κ3) is 3.19. The van der Waals surface area contributed by atoms with Crippen molar-refractivity contribution in [3.8, 4) is 6.07 Å². The number of carbonyl (C=O) groups is 1. The molecule has 1 amide bonds. The van der Waals surface area contributed by atoms with E-state index >= 15 is 0 Å². The lowest BCUT2D eigenvalue weighted by Gasteiger charge is -2.29. The van der Waals surface area contributed by atoms with Crippen molar-refractivity contribution in [3.05, 3.63) is 28.2 Å². The molecule has 6 heteroatoms. The van der Waals surface area contributed by atoms with Crippen LogP contribution in [0, 0.1) is 16.7 Å². The van der Waals surface area contributed by atoms with Gasteiger partial charge in [0.25, 0.3) is 0 Å². The summed E-state index contributed by atoms with van der Waals surface area (Å²) in [6.07, 6.45) is 0.785. The molecule has 0 saturated carbocycles. The van der Waals surface area contributed by atoms with Crippen LogP contribution < -0.4 is 5.32 Å². The van der Waals surface area contributed by atoms with Crippen LogP contribution in [-0.4, -0.2) is 19.1 Å². The van der Waals surface area contributed by atoms with E-state index in [1.165, 1.54) is 0 Å². The fourth-order valence-corrected chi connectivity index (χ4v) is 2.51. The molecule has 0 radical (unpaired) electrons. The molecule has 2 rings (SSSR count). The largest absolute Gasteiger partial charge is 0.381 e. The minimum absolute atomic E-state index is 0.336. The van der Waals surface area contributed by atoms with Crippen molar-refractivity contribution in [2.45, 2.75) is 12.8 Å². The van der Waals surface area contributed by atoms with Crippen LogP contribution in [0.2, 0.25) is 10.0 Å². The molecule has 0 aliphatic carbocycles. The summed E-state index contributed by atoms with van der Waals surface area (Å²) < 4.78 is 5.19. The molecule has 1 aliphatic heterocycles. The second-order valence-corrected chi connectivity index (χ2v) is 5.29. The van der Waals surface area contributed by atoms with Crippen LogP contribution in [-0.2, 0) is 9.53 Å². The lowest BCUT2D eigenvalue weighted by Crippen LogP contribution is -2.39. The highest BCUT2D eigenvalue weighted by atomic mass is 35.5. The third-order valence-electron chi connectivity index (χ3n) is 3.12. The number of nitriles is 1. The quantitative estimate of drug-likeness (QED) is 0.911. The predicted octanol–water partition coefficient (Wildman–Crippen LogP) is 3.25. The number of halogens is 2. The summed E-state index contributed by atoms with van der Waals surface area (Å²) in [4.78, 5) is 12.3. The Bertz CT molecular complexity index is 514. The van der Waals surface area contributed by atoms with Crippen LogP contribution in [0.4, 0.5) is 5.69 Å². The molecule has 0 bridgehead atoms. The van der Waals surface area contributed by atoms with E-state index in [1.54, 1.807) is 18.2 Å². The molecule has 0 spiro atoms. The van der Waals surface area contributed by atoms with E-state index in [-0.39, 0.29) is 5.91 Å². The number of amides is 1. The average molecular weight is 299 g/mol. The molecule has 19 heavy (non-hydrogen) atoms. The number of rotatable bonds is 2. The molecule has 0 aromatic heterocycles. The van der Waals surface area contributed by atoms with Gasteiger partial charge in [0, 0.05) is 28.9 Å². The third-order valence-corrected chi connectivity index (χ3v) is 3.55. The smallest absolute Gasteiger partial charge is 0.245 e. The van der Waals surface area contributed by atoms with Crippen LogP contribution in [0.3, 0.4) is 0 Å². The van der Waals surface area contributed by atoms with Crippen molar-refractivity contribution in [1.82, 2.24) is 0 Å². The first-order valence-corrected chi connectivity index (χ1v) is 6.58. The van der Waals surface area contributed by atoms with Crippen molar-refractivity contribution in [2.75, 3.05) is 18.5 Å². The first-order valence-electron chi connectivity index (χ1n) is 5.82. The number of hydrogen-bond acceptors (Lipinski definition) is 3. The van der Waals surface area contributed by atoms with Gasteiger partial charge in [-0.2, -0.15) is 5.26 Å².